The van der Waals surface area contributed by atoms with Crippen LogP contribution in [0.4, 0.5) is 0 Å². The third-order valence-corrected chi connectivity index (χ3v) is 5.49. The Kier molecular flexibility index (Phi) is 5.25. The van der Waals surface area contributed by atoms with Gasteiger partial charge in [0.15, 0.2) is 4.91 Å². The molecular formula is C17H22N2O4S. The van der Waals surface area contributed by atoms with Gasteiger partial charge in [-0.25, -0.2) is 13.1 Å². The van der Waals surface area contributed by atoms with E-state index in [0.717, 1.165) is 0 Å². The monoisotopic (exact) mass is 350 g/mol. The minimum Gasteiger partial charge on any atom is -0.368 e. The maximum Gasteiger partial charge on any atom is 0.246 e. The number of carbonyl (C=O) groups is 2. The van der Waals surface area contributed by atoms with Crippen LogP contribution in [0.3, 0.4) is 0 Å². The Balaban J connectivity index is 2.78. The van der Waals surface area contributed by atoms with E-state index in [2.05, 4.69) is 4.72 Å². The van der Waals surface area contributed by atoms with Crippen LogP contribution in [0.5, 0.6) is 0 Å². The molecule has 24 heavy (non-hydrogen) atoms. The van der Waals surface area contributed by atoms with Gasteiger partial charge in [-0.15, -0.1) is 0 Å². The van der Waals surface area contributed by atoms with Crippen LogP contribution >= 0.6 is 0 Å². The summed E-state index contributed by atoms with van der Waals surface area (Å²) < 4.78 is 27.9. The van der Waals surface area contributed by atoms with Crippen molar-refractivity contribution in [2.24, 2.45) is 0 Å². The Morgan fingerprint density at radius 1 is 1.00 bits per heavy atom. The number of carbonyl (C=O) groups excluding carboxylic acids is 2. The number of sulfonamides is 1. The van der Waals surface area contributed by atoms with Gasteiger partial charge in [-0.2, -0.15) is 0 Å². The highest BCUT2D eigenvalue weighted by Gasteiger charge is 2.40. The standard InChI is InChI=1S/C17H22N2O4S/c1-5-19(6-2)14-15(20)12-9-7-8-10-13(12)16(21)17(14)24(22,23)18-11(3)4/h7-11,18H,5-6H2,1-4H3. The molecule has 2 rings (SSSR count). The van der Waals surface area contributed by atoms with Crippen LogP contribution < -0.4 is 4.72 Å². The number of hydrogen-bond acceptors (Lipinski definition) is 5. The number of nitrogens with zero attached hydrogens (tertiary/aromatic N) is 1. The van der Waals surface area contributed by atoms with Gasteiger partial charge in [0, 0.05) is 30.3 Å². The van der Waals surface area contributed by atoms with Crippen molar-refractivity contribution >= 4 is 21.6 Å². The number of ketones is 2. The molecule has 0 fully saturated rings. The molecule has 0 bridgehead atoms. The summed E-state index contributed by atoms with van der Waals surface area (Å²) in [5.41, 5.74) is 0.326. The largest absolute Gasteiger partial charge is 0.368 e. The molecule has 0 radical (unpaired) electrons. The zero-order chi connectivity index (χ0) is 18.1. The Morgan fingerprint density at radius 2 is 1.50 bits per heavy atom. The van der Waals surface area contributed by atoms with E-state index in [4.69, 9.17) is 0 Å². The van der Waals surface area contributed by atoms with Crippen LogP contribution in [0.2, 0.25) is 0 Å². The molecule has 0 amide bonds. The summed E-state index contributed by atoms with van der Waals surface area (Å²) in [6.07, 6.45) is 0. The van der Waals surface area contributed by atoms with E-state index in [0.29, 0.717) is 13.1 Å². The zero-order valence-corrected chi connectivity index (χ0v) is 15.1. The molecule has 0 saturated heterocycles. The fourth-order valence-corrected chi connectivity index (χ4v) is 4.35. The van der Waals surface area contributed by atoms with E-state index in [1.165, 1.54) is 6.07 Å². The molecule has 7 heteroatoms. The third-order valence-electron chi connectivity index (χ3n) is 3.79. The molecule has 130 valence electrons. The number of hydrogen-bond donors (Lipinski definition) is 1. The molecule has 1 aliphatic carbocycles. The van der Waals surface area contributed by atoms with Crippen molar-refractivity contribution in [1.82, 2.24) is 9.62 Å². The molecule has 0 aliphatic heterocycles. The summed E-state index contributed by atoms with van der Waals surface area (Å²) in [5, 5.41) is 0. The average Bonchev–Trinajstić information content (AvgIpc) is 2.51. The van der Waals surface area contributed by atoms with Crippen molar-refractivity contribution < 1.29 is 18.0 Å². The fourth-order valence-electron chi connectivity index (χ4n) is 2.79. The molecule has 6 nitrogen and oxygen atoms in total. The van der Waals surface area contributed by atoms with E-state index in [-0.39, 0.29) is 22.9 Å². The van der Waals surface area contributed by atoms with Crippen molar-refractivity contribution in [2.75, 3.05) is 13.1 Å². The molecule has 1 aromatic carbocycles. The van der Waals surface area contributed by atoms with Crippen molar-refractivity contribution in [2.45, 2.75) is 33.7 Å². The minimum atomic E-state index is -4.10. The first-order valence-electron chi connectivity index (χ1n) is 7.94. The Labute approximate surface area is 142 Å². The maximum atomic E-state index is 12.9. The minimum absolute atomic E-state index is 0.0446. The van der Waals surface area contributed by atoms with Crippen molar-refractivity contribution in [3.63, 3.8) is 0 Å². The number of allylic oxidation sites excluding steroid dienone is 2. The van der Waals surface area contributed by atoms with E-state index in [1.807, 2.05) is 13.8 Å². The van der Waals surface area contributed by atoms with Crippen LogP contribution in [0.1, 0.15) is 48.4 Å². The number of fused-ring (bicyclic) bond motifs is 1. The molecule has 0 heterocycles. The van der Waals surface area contributed by atoms with Gasteiger partial charge in [-0.05, 0) is 27.7 Å². The molecule has 0 unspecified atom stereocenters. The van der Waals surface area contributed by atoms with Gasteiger partial charge in [0.1, 0.15) is 5.70 Å². The van der Waals surface area contributed by atoms with Crippen molar-refractivity contribution in [1.29, 1.82) is 0 Å². The van der Waals surface area contributed by atoms with Gasteiger partial charge in [-0.1, -0.05) is 24.3 Å². The first-order valence-corrected chi connectivity index (χ1v) is 9.42. The van der Waals surface area contributed by atoms with E-state index < -0.39 is 26.5 Å². The summed E-state index contributed by atoms with van der Waals surface area (Å²) in [6.45, 7) is 7.81. The van der Waals surface area contributed by atoms with Gasteiger partial charge in [0.2, 0.25) is 21.6 Å². The second-order valence-corrected chi connectivity index (χ2v) is 7.48. The van der Waals surface area contributed by atoms with Crippen molar-refractivity contribution in [3.05, 3.63) is 46.0 Å². The first kappa shape index (κ1) is 18.4. The molecule has 1 aromatic rings. The lowest BCUT2D eigenvalue weighted by Crippen LogP contribution is -2.41. The zero-order valence-electron chi connectivity index (χ0n) is 14.3. The lowest BCUT2D eigenvalue weighted by molar-refractivity contribution is 0.0949. The molecule has 1 aliphatic rings. The summed E-state index contributed by atoms with van der Waals surface area (Å²) in [4.78, 5) is 27.0. The molecule has 0 aromatic heterocycles. The molecule has 0 atom stereocenters. The second-order valence-electron chi connectivity index (χ2n) is 5.83. The Morgan fingerprint density at radius 3 is 1.96 bits per heavy atom. The van der Waals surface area contributed by atoms with Crippen LogP contribution in [0.15, 0.2) is 34.9 Å². The smallest absolute Gasteiger partial charge is 0.246 e. The predicted molar refractivity (Wildman–Crippen MR) is 92.2 cm³/mol. The summed E-state index contributed by atoms with van der Waals surface area (Å²) >= 11 is 0. The molecular weight excluding hydrogens is 328 g/mol. The number of rotatable bonds is 6. The topological polar surface area (TPSA) is 83.6 Å². The SMILES string of the molecule is CCN(CC)C1=C(S(=O)(=O)NC(C)C)C(=O)c2ccccc2C1=O. The summed E-state index contributed by atoms with van der Waals surface area (Å²) in [7, 11) is -4.10. The molecule has 0 saturated carbocycles. The van der Waals surface area contributed by atoms with E-state index in [1.54, 1.807) is 36.9 Å². The number of likely N-dealkylation sites (N-methyl/N-ethyl adjacent to an activating group) is 1. The number of benzene rings is 1. The van der Waals surface area contributed by atoms with Gasteiger partial charge in [0.25, 0.3) is 0 Å². The van der Waals surface area contributed by atoms with Gasteiger partial charge < -0.3 is 4.90 Å². The Bertz CT molecular complexity index is 806. The highest BCUT2D eigenvalue weighted by atomic mass is 32.2. The van der Waals surface area contributed by atoms with Crippen LogP contribution in [-0.4, -0.2) is 44.0 Å². The quantitative estimate of drug-likeness (QED) is 0.848. The number of nitrogens with one attached hydrogen (secondary N) is 1. The van der Waals surface area contributed by atoms with Gasteiger partial charge >= 0.3 is 0 Å². The molecule has 1 N–H and O–H groups in total. The molecule has 0 spiro atoms. The predicted octanol–water partition coefficient (Wildman–Crippen LogP) is 1.95. The third kappa shape index (κ3) is 3.14. The Hall–Kier alpha value is -1.99. The lowest BCUT2D eigenvalue weighted by Gasteiger charge is -2.29. The van der Waals surface area contributed by atoms with E-state index in [9.17, 15) is 18.0 Å². The van der Waals surface area contributed by atoms with Crippen LogP contribution in [-0.2, 0) is 10.0 Å². The highest BCUT2D eigenvalue weighted by molar-refractivity contribution is 7.94. The van der Waals surface area contributed by atoms with E-state index >= 15 is 0 Å². The number of Topliss-reactive ketones (excluding diaryl/α,β-unsaturated/α-hetero) is 2. The first-order chi connectivity index (χ1) is 11.2. The highest BCUT2D eigenvalue weighted by Crippen LogP contribution is 2.31. The fraction of sp³-hybridized carbons (Fsp3) is 0.412. The maximum absolute atomic E-state index is 12.9. The van der Waals surface area contributed by atoms with Crippen molar-refractivity contribution in [3.8, 4) is 0 Å². The van der Waals surface area contributed by atoms with Crippen LogP contribution in [0, 0.1) is 0 Å². The average molecular weight is 350 g/mol. The summed E-state index contributed by atoms with van der Waals surface area (Å²) in [6, 6.07) is 5.93. The van der Waals surface area contributed by atoms with Gasteiger partial charge in [0.05, 0.1) is 0 Å². The second kappa shape index (κ2) is 6.86. The normalized spacial score (nSPS) is 15.0. The van der Waals surface area contributed by atoms with Crippen LogP contribution in [0.25, 0.3) is 0 Å². The van der Waals surface area contributed by atoms with Gasteiger partial charge in [-0.3, -0.25) is 9.59 Å². The summed E-state index contributed by atoms with van der Waals surface area (Å²) in [5.74, 6) is -1.07. The lowest BCUT2D eigenvalue weighted by atomic mass is 9.92.